The number of benzene rings is 1. The van der Waals surface area contributed by atoms with E-state index >= 15 is 0 Å². The van der Waals surface area contributed by atoms with Gasteiger partial charge in [-0.25, -0.2) is 9.79 Å². The Morgan fingerprint density at radius 1 is 1.37 bits per heavy atom. The van der Waals surface area contributed by atoms with Crippen LogP contribution in [0, 0.1) is 0 Å². The lowest BCUT2D eigenvalue weighted by atomic mass is 10.2. The second-order valence-corrected chi connectivity index (χ2v) is 4.18. The van der Waals surface area contributed by atoms with Crippen molar-refractivity contribution in [2.75, 3.05) is 13.7 Å². The van der Waals surface area contributed by atoms with Crippen LogP contribution in [0.4, 0.5) is 0 Å². The molecule has 5 nitrogen and oxygen atoms in total. The van der Waals surface area contributed by atoms with Gasteiger partial charge in [0.25, 0.3) is 0 Å². The zero-order valence-electron chi connectivity index (χ0n) is 11.3. The summed E-state index contributed by atoms with van der Waals surface area (Å²) in [5.74, 6) is 0.879. The summed E-state index contributed by atoms with van der Waals surface area (Å²) in [5, 5.41) is 0. The highest BCUT2D eigenvalue weighted by atomic mass is 16.5. The van der Waals surface area contributed by atoms with Crippen LogP contribution in [0.25, 0.3) is 0 Å². The Kier molecular flexibility index (Phi) is 4.04. The van der Waals surface area contributed by atoms with Gasteiger partial charge < -0.3 is 14.2 Å². The molecule has 1 aromatic rings. The van der Waals surface area contributed by atoms with Crippen molar-refractivity contribution >= 4 is 11.9 Å². The fourth-order valence-electron chi connectivity index (χ4n) is 1.85. The third kappa shape index (κ3) is 2.86. The van der Waals surface area contributed by atoms with Crippen LogP contribution in [-0.4, -0.2) is 37.7 Å². The first kappa shape index (κ1) is 13.4. The molecule has 0 radical (unpaired) electrons. The molecule has 0 bridgehead atoms. The lowest BCUT2D eigenvalue weighted by molar-refractivity contribution is -0.145. The van der Waals surface area contributed by atoms with Gasteiger partial charge in [0.1, 0.15) is 11.9 Å². The highest BCUT2D eigenvalue weighted by Gasteiger charge is 2.34. The molecule has 0 saturated carbocycles. The topological polar surface area (TPSA) is 57.1 Å². The van der Waals surface area contributed by atoms with Gasteiger partial charge in [0.05, 0.1) is 13.7 Å². The number of carbonyl (C=O) groups is 1. The van der Waals surface area contributed by atoms with Gasteiger partial charge in [-0.1, -0.05) is 0 Å². The number of esters is 1. The molecule has 0 fully saturated rings. The molecule has 0 N–H and O–H groups in total. The van der Waals surface area contributed by atoms with Gasteiger partial charge in [0, 0.05) is 5.56 Å². The first-order chi connectivity index (χ1) is 9.15. The molecule has 0 saturated heterocycles. The van der Waals surface area contributed by atoms with Crippen molar-refractivity contribution in [3.05, 3.63) is 29.8 Å². The van der Waals surface area contributed by atoms with Crippen molar-refractivity contribution in [3.63, 3.8) is 0 Å². The fraction of sp³-hybridized carbons (Fsp3) is 0.429. The summed E-state index contributed by atoms with van der Waals surface area (Å²) < 4.78 is 15.7. The van der Waals surface area contributed by atoms with E-state index in [0.29, 0.717) is 12.5 Å². The van der Waals surface area contributed by atoms with E-state index in [0.717, 1.165) is 11.3 Å². The van der Waals surface area contributed by atoms with Crippen LogP contribution in [0.2, 0.25) is 0 Å². The van der Waals surface area contributed by atoms with Crippen molar-refractivity contribution in [1.82, 2.24) is 0 Å². The van der Waals surface area contributed by atoms with E-state index < -0.39 is 6.04 Å². The Labute approximate surface area is 112 Å². The van der Waals surface area contributed by atoms with Crippen LogP contribution < -0.4 is 4.74 Å². The third-order valence-corrected chi connectivity index (χ3v) is 2.86. The number of hydrogen-bond acceptors (Lipinski definition) is 5. The molecule has 2 rings (SSSR count). The van der Waals surface area contributed by atoms with E-state index in [1.165, 1.54) is 0 Å². The largest absolute Gasteiger partial charge is 0.497 e. The average molecular weight is 263 g/mol. The van der Waals surface area contributed by atoms with Crippen LogP contribution >= 0.6 is 0 Å². The number of rotatable bonds is 4. The highest BCUT2D eigenvalue weighted by molar-refractivity contribution is 5.98. The minimum absolute atomic E-state index is 0.309. The van der Waals surface area contributed by atoms with Crippen molar-refractivity contribution in [3.8, 4) is 5.75 Å². The molecule has 1 heterocycles. The third-order valence-electron chi connectivity index (χ3n) is 2.86. The Balaban J connectivity index is 2.16. The van der Waals surface area contributed by atoms with Crippen LogP contribution in [-0.2, 0) is 14.3 Å². The molecule has 0 amide bonds. The van der Waals surface area contributed by atoms with Crippen molar-refractivity contribution in [2.45, 2.75) is 26.0 Å². The van der Waals surface area contributed by atoms with Gasteiger partial charge in [0.2, 0.25) is 5.90 Å². The summed E-state index contributed by atoms with van der Waals surface area (Å²) in [6.07, 6.45) is -0.309. The minimum atomic E-state index is -0.586. The van der Waals surface area contributed by atoms with Gasteiger partial charge in [-0.3, -0.25) is 0 Å². The molecular formula is C14H17NO4. The summed E-state index contributed by atoms with van der Waals surface area (Å²) in [5.41, 5.74) is 0.819. The van der Waals surface area contributed by atoms with Gasteiger partial charge in [-0.05, 0) is 38.1 Å². The Morgan fingerprint density at radius 3 is 2.63 bits per heavy atom. The second kappa shape index (κ2) is 5.73. The minimum Gasteiger partial charge on any atom is -0.497 e. The molecule has 1 aliphatic heterocycles. The Hall–Kier alpha value is -2.04. The number of ether oxygens (including phenoxy) is 3. The van der Waals surface area contributed by atoms with Crippen LogP contribution in [0.5, 0.6) is 5.75 Å². The van der Waals surface area contributed by atoms with Crippen LogP contribution in [0.3, 0.4) is 0 Å². The molecule has 0 aromatic heterocycles. The van der Waals surface area contributed by atoms with E-state index in [1.54, 1.807) is 14.0 Å². The van der Waals surface area contributed by atoms with Gasteiger partial charge in [-0.2, -0.15) is 0 Å². The maximum Gasteiger partial charge on any atom is 0.334 e. The SMILES string of the molecule is CCOC(=O)[C@H]1N=C(c2ccc(OC)cc2)O[C@@H]1C. The summed E-state index contributed by atoms with van der Waals surface area (Å²) >= 11 is 0. The standard InChI is InChI=1S/C14H17NO4/c1-4-18-14(16)12-9(2)19-13(15-12)10-5-7-11(17-3)8-6-10/h5-9,12H,4H2,1-3H3/t9-,12+/m1/s1. The molecule has 102 valence electrons. The summed E-state index contributed by atoms with van der Waals surface area (Å²) in [6.45, 7) is 3.92. The van der Waals surface area contributed by atoms with Gasteiger partial charge >= 0.3 is 5.97 Å². The first-order valence-corrected chi connectivity index (χ1v) is 6.21. The lowest BCUT2D eigenvalue weighted by Crippen LogP contribution is -2.29. The van der Waals surface area contributed by atoms with Crippen LogP contribution in [0.1, 0.15) is 19.4 Å². The summed E-state index contributed by atoms with van der Waals surface area (Å²) in [6, 6.07) is 6.75. The maximum atomic E-state index is 11.7. The number of hydrogen-bond donors (Lipinski definition) is 0. The maximum absolute atomic E-state index is 11.7. The number of methoxy groups -OCH3 is 1. The molecule has 0 unspecified atom stereocenters. The van der Waals surface area contributed by atoms with E-state index in [1.807, 2.05) is 31.2 Å². The predicted molar refractivity (Wildman–Crippen MR) is 70.5 cm³/mol. The smallest absolute Gasteiger partial charge is 0.334 e. The number of carbonyl (C=O) groups excluding carboxylic acids is 1. The van der Waals surface area contributed by atoms with E-state index in [2.05, 4.69) is 4.99 Å². The van der Waals surface area contributed by atoms with E-state index in [9.17, 15) is 4.79 Å². The van der Waals surface area contributed by atoms with Gasteiger partial charge in [0.15, 0.2) is 6.04 Å². The molecule has 19 heavy (non-hydrogen) atoms. The molecule has 0 aliphatic carbocycles. The predicted octanol–water partition coefficient (Wildman–Crippen LogP) is 1.79. The normalized spacial score (nSPS) is 21.5. The molecule has 0 spiro atoms. The monoisotopic (exact) mass is 263 g/mol. The summed E-state index contributed by atoms with van der Waals surface area (Å²) in [7, 11) is 1.61. The van der Waals surface area contributed by atoms with Crippen molar-refractivity contribution in [1.29, 1.82) is 0 Å². The van der Waals surface area contributed by atoms with Crippen LogP contribution in [0.15, 0.2) is 29.3 Å². The lowest BCUT2D eigenvalue weighted by Gasteiger charge is -2.11. The zero-order chi connectivity index (χ0) is 13.8. The molecular weight excluding hydrogens is 246 g/mol. The second-order valence-electron chi connectivity index (χ2n) is 4.18. The Bertz CT molecular complexity index is 481. The molecule has 5 heteroatoms. The fourth-order valence-corrected chi connectivity index (χ4v) is 1.85. The zero-order valence-corrected chi connectivity index (χ0v) is 11.3. The first-order valence-electron chi connectivity index (χ1n) is 6.21. The number of nitrogens with zero attached hydrogens (tertiary/aromatic N) is 1. The summed E-state index contributed by atoms with van der Waals surface area (Å²) in [4.78, 5) is 16.0. The van der Waals surface area contributed by atoms with Crippen molar-refractivity contribution < 1.29 is 19.0 Å². The van der Waals surface area contributed by atoms with Gasteiger partial charge in [-0.15, -0.1) is 0 Å². The molecule has 1 aliphatic rings. The quantitative estimate of drug-likeness (QED) is 0.777. The number of aliphatic imine (C=N–C) groups is 1. The van der Waals surface area contributed by atoms with Crippen molar-refractivity contribution in [2.24, 2.45) is 4.99 Å². The molecule has 1 aromatic carbocycles. The van der Waals surface area contributed by atoms with E-state index in [4.69, 9.17) is 14.2 Å². The average Bonchev–Trinajstić information content (AvgIpc) is 2.81. The highest BCUT2D eigenvalue weighted by Crippen LogP contribution is 2.20. The Morgan fingerprint density at radius 2 is 2.05 bits per heavy atom. The van der Waals surface area contributed by atoms with E-state index in [-0.39, 0.29) is 12.1 Å². The molecule has 2 atom stereocenters.